The third-order valence-corrected chi connectivity index (χ3v) is 1.35. The molecule has 0 saturated carbocycles. The van der Waals surface area contributed by atoms with Gasteiger partial charge in [-0.3, -0.25) is 0 Å². The van der Waals surface area contributed by atoms with Gasteiger partial charge < -0.3 is 5.11 Å². The average molecular weight is 146 g/mol. The Morgan fingerprint density at radius 2 is 1.91 bits per heavy atom. The molecule has 1 nitrogen and oxygen atoms in total. The summed E-state index contributed by atoms with van der Waals surface area (Å²) in [4.78, 5) is 0. The lowest BCUT2D eigenvalue weighted by atomic mass is 10.2. The van der Waals surface area contributed by atoms with Crippen molar-refractivity contribution in [3.05, 3.63) is 54.6 Å². The maximum atomic E-state index is 9.31. The smallest absolute Gasteiger partial charge is 0.122 e. The van der Waals surface area contributed by atoms with Crippen LogP contribution in [0.15, 0.2) is 49.1 Å². The maximum absolute atomic E-state index is 9.31. The number of hydrogen-bond donors (Lipinski definition) is 1. The van der Waals surface area contributed by atoms with Crippen LogP contribution in [0.2, 0.25) is 0 Å². The van der Waals surface area contributed by atoms with Crippen LogP contribution >= 0.6 is 0 Å². The minimum absolute atomic E-state index is 0.251. The van der Waals surface area contributed by atoms with Gasteiger partial charge in [0, 0.05) is 5.56 Å². The Morgan fingerprint density at radius 3 is 2.45 bits per heavy atom. The van der Waals surface area contributed by atoms with Crippen LogP contribution < -0.4 is 0 Å². The van der Waals surface area contributed by atoms with E-state index in [9.17, 15) is 5.11 Å². The number of aliphatic hydroxyl groups is 1. The number of rotatable bonds is 2. The molecule has 0 aliphatic heterocycles. The highest BCUT2D eigenvalue weighted by Crippen LogP contribution is 2.09. The van der Waals surface area contributed by atoms with Crippen LogP contribution in [0.5, 0.6) is 0 Å². The minimum Gasteiger partial charge on any atom is -0.507 e. The van der Waals surface area contributed by atoms with Crippen molar-refractivity contribution < 1.29 is 5.11 Å². The molecule has 0 heterocycles. The van der Waals surface area contributed by atoms with Crippen LogP contribution in [-0.2, 0) is 0 Å². The van der Waals surface area contributed by atoms with E-state index in [-0.39, 0.29) is 5.76 Å². The Kier molecular flexibility index (Phi) is 2.50. The first-order valence-corrected chi connectivity index (χ1v) is 3.41. The van der Waals surface area contributed by atoms with Crippen LogP contribution in [-0.4, -0.2) is 5.11 Å². The summed E-state index contributed by atoms with van der Waals surface area (Å²) >= 11 is 0. The van der Waals surface area contributed by atoms with Gasteiger partial charge in [0.25, 0.3) is 0 Å². The zero-order valence-electron chi connectivity index (χ0n) is 6.20. The van der Waals surface area contributed by atoms with Gasteiger partial charge in [-0.2, -0.15) is 0 Å². The monoisotopic (exact) mass is 146 g/mol. The molecular weight excluding hydrogens is 136 g/mol. The summed E-state index contributed by atoms with van der Waals surface area (Å²) in [6, 6.07) is 9.35. The second kappa shape index (κ2) is 3.62. The van der Waals surface area contributed by atoms with E-state index >= 15 is 0 Å². The first-order valence-electron chi connectivity index (χ1n) is 3.41. The molecule has 0 saturated heterocycles. The summed E-state index contributed by atoms with van der Waals surface area (Å²) in [6.07, 6.45) is 3.12. The third-order valence-electron chi connectivity index (χ3n) is 1.35. The first kappa shape index (κ1) is 7.61. The Hall–Kier alpha value is -1.50. The molecule has 0 fully saturated rings. The largest absolute Gasteiger partial charge is 0.507 e. The van der Waals surface area contributed by atoms with E-state index < -0.39 is 0 Å². The van der Waals surface area contributed by atoms with Crippen molar-refractivity contribution in [3.8, 4) is 0 Å². The van der Waals surface area contributed by atoms with Crippen molar-refractivity contribution in [1.29, 1.82) is 0 Å². The summed E-state index contributed by atoms with van der Waals surface area (Å²) in [5, 5.41) is 9.31. The molecule has 1 aromatic rings. The standard InChI is InChI=1S/C10H10O/c1-2-6-10(11)9-7-4-3-5-8-9/h2-8,11H,1H2/b10-6-. The quantitative estimate of drug-likeness (QED) is 0.502. The minimum atomic E-state index is 0.251. The summed E-state index contributed by atoms with van der Waals surface area (Å²) in [5.41, 5.74) is 0.812. The van der Waals surface area contributed by atoms with Gasteiger partial charge in [0.1, 0.15) is 5.76 Å². The fourth-order valence-electron chi connectivity index (χ4n) is 0.817. The molecule has 1 rings (SSSR count). The van der Waals surface area contributed by atoms with Crippen LogP contribution in [0.1, 0.15) is 5.56 Å². The highest BCUT2D eigenvalue weighted by atomic mass is 16.3. The van der Waals surface area contributed by atoms with Crippen LogP contribution in [0.4, 0.5) is 0 Å². The molecule has 0 aliphatic rings. The van der Waals surface area contributed by atoms with E-state index in [2.05, 4.69) is 6.58 Å². The number of aliphatic hydroxyl groups excluding tert-OH is 1. The summed E-state index contributed by atoms with van der Waals surface area (Å²) in [7, 11) is 0. The van der Waals surface area contributed by atoms with E-state index in [0.717, 1.165) is 5.56 Å². The molecule has 0 unspecified atom stereocenters. The molecule has 0 amide bonds. The molecule has 0 atom stereocenters. The van der Waals surface area contributed by atoms with E-state index in [1.165, 1.54) is 0 Å². The summed E-state index contributed by atoms with van der Waals surface area (Å²) < 4.78 is 0. The molecule has 0 spiro atoms. The Bertz CT molecular complexity index is 259. The SMILES string of the molecule is C=C/C=C(\O)c1ccccc1. The van der Waals surface area contributed by atoms with Gasteiger partial charge >= 0.3 is 0 Å². The number of allylic oxidation sites excluding steroid dienone is 2. The van der Waals surface area contributed by atoms with Crippen molar-refractivity contribution in [1.82, 2.24) is 0 Å². The molecule has 0 radical (unpaired) electrons. The van der Waals surface area contributed by atoms with Gasteiger partial charge in [-0.25, -0.2) is 0 Å². The zero-order chi connectivity index (χ0) is 8.10. The van der Waals surface area contributed by atoms with Crippen molar-refractivity contribution in [2.45, 2.75) is 0 Å². The number of benzene rings is 1. The van der Waals surface area contributed by atoms with Crippen molar-refractivity contribution >= 4 is 5.76 Å². The Labute approximate surface area is 66.3 Å². The third kappa shape index (κ3) is 1.97. The Balaban J connectivity index is 2.94. The lowest BCUT2D eigenvalue weighted by Gasteiger charge is -1.96. The highest BCUT2D eigenvalue weighted by Gasteiger charge is 1.92. The fourth-order valence-corrected chi connectivity index (χ4v) is 0.817. The molecule has 0 bridgehead atoms. The molecule has 0 aliphatic carbocycles. The van der Waals surface area contributed by atoms with Crippen molar-refractivity contribution in [2.24, 2.45) is 0 Å². The van der Waals surface area contributed by atoms with E-state index in [4.69, 9.17) is 0 Å². The second-order valence-electron chi connectivity index (χ2n) is 2.15. The first-order chi connectivity index (χ1) is 5.34. The zero-order valence-corrected chi connectivity index (χ0v) is 6.20. The van der Waals surface area contributed by atoms with Crippen LogP contribution in [0.25, 0.3) is 5.76 Å². The lowest BCUT2D eigenvalue weighted by molar-refractivity contribution is 0.512. The lowest BCUT2D eigenvalue weighted by Crippen LogP contribution is -1.79. The fraction of sp³-hybridized carbons (Fsp3) is 0. The van der Waals surface area contributed by atoms with Gasteiger partial charge in [-0.05, 0) is 6.08 Å². The maximum Gasteiger partial charge on any atom is 0.122 e. The average Bonchev–Trinajstić information content (AvgIpc) is 2.07. The van der Waals surface area contributed by atoms with E-state index in [1.54, 1.807) is 12.2 Å². The van der Waals surface area contributed by atoms with Gasteiger partial charge in [-0.1, -0.05) is 43.0 Å². The van der Waals surface area contributed by atoms with E-state index in [0.29, 0.717) is 0 Å². The summed E-state index contributed by atoms with van der Waals surface area (Å²) in [6.45, 7) is 3.49. The van der Waals surface area contributed by atoms with Gasteiger partial charge in [0.15, 0.2) is 0 Å². The van der Waals surface area contributed by atoms with Crippen molar-refractivity contribution in [2.75, 3.05) is 0 Å². The van der Waals surface area contributed by atoms with Crippen molar-refractivity contribution in [3.63, 3.8) is 0 Å². The predicted molar refractivity (Wildman–Crippen MR) is 47.2 cm³/mol. The predicted octanol–water partition coefficient (Wildman–Crippen LogP) is 2.77. The number of hydrogen-bond acceptors (Lipinski definition) is 1. The highest BCUT2D eigenvalue weighted by molar-refractivity contribution is 5.59. The molecule has 1 N–H and O–H groups in total. The molecular formula is C10H10O. The van der Waals surface area contributed by atoms with E-state index in [1.807, 2.05) is 30.3 Å². The Morgan fingerprint density at radius 1 is 1.27 bits per heavy atom. The van der Waals surface area contributed by atoms with Crippen LogP contribution in [0, 0.1) is 0 Å². The van der Waals surface area contributed by atoms with Crippen LogP contribution in [0.3, 0.4) is 0 Å². The molecule has 1 heteroatoms. The molecule has 1 aromatic carbocycles. The second-order valence-corrected chi connectivity index (χ2v) is 2.15. The normalized spacial score (nSPS) is 11.1. The molecule has 56 valence electrons. The van der Waals surface area contributed by atoms with Gasteiger partial charge in [0.05, 0.1) is 0 Å². The molecule has 11 heavy (non-hydrogen) atoms. The van der Waals surface area contributed by atoms with Gasteiger partial charge in [-0.15, -0.1) is 0 Å². The summed E-state index contributed by atoms with van der Waals surface area (Å²) in [5.74, 6) is 0.251. The topological polar surface area (TPSA) is 20.2 Å². The molecule has 0 aromatic heterocycles. The van der Waals surface area contributed by atoms with Gasteiger partial charge in [0.2, 0.25) is 0 Å².